The van der Waals surface area contributed by atoms with Gasteiger partial charge in [0.1, 0.15) is 5.76 Å². The summed E-state index contributed by atoms with van der Waals surface area (Å²) < 4.78 is 5.19. The molecular weight excluding hydrogens is 174 g/mol. The summed E-state index contributed by atoms with van der Waals surface area (Å²) in [4.78, 5) is 0. The van der Waals surface area contributed by atoms with E-state index in [1.807, 2.05) is 31.2 Å². The van der Waals surface area contributed by atoms with Gasteiger partial charge in [0.25, 0.3) is 0 Å². The second-order valence-corrected chi connectivity index (χ2v) is 3.14. The van der Waals surface area contributed by atoms with Crippen LogP contribution >= 0.6 is 0 Å². The van der Waals surface area contributed by atoms with Gasteiger partial charge in [-0.2, -0.15) is 5.26 Å². The summed E-state index contributed by atoms with van der Waals surface area (Å²) in [6.07, 6.45) is 0. The minimum atomic E-state index is 0.594. The molecule has 1 aromatic carbocycles. The van der Waals surface area contributed by atoms with Crippen LogP contribution in [0.5, 0.6) is 0 Å². The number of ether oxygens (including phenoxy) is 1. The van der Waals surface area contributed by atoms with E-state index in [-0.39, 0.29) is 0 Å². The second-order valence-electron chi connectivity index (χ2n) is 3.14. The van der Waals surface area contributed by atoms with Gasteiger partial charge < -0.3 is 4.74 Å². The number of hydrogen-bond acceptors (Lipinski definition) is 2. The van der Waals surface area contributed by atoms with Crippen LogP contribution in [0.4, 0.5) is 0 Å². The summed E-state index contributed by atoms with van der Waals surface area (Å²) in [5.41, 5.74) is 2.73. The SMILES string of the molecule is CO/C(=C(\C)C#N)c1ccc(C)cc1. The molecule has 0 saturated carbocycles. The monoisotopic (exact) mass is 187 g/mol. The van der Waals surface area contributed by atoms with E-state index in [0.717, 1.165) is 5.56 Å². The van der Waals surface area contributed by atoms with Crippen molar-refractivity contribution in [2.45, 2.75) is 13.8 Å². The van der Waals surface area contributed by atoms with Gasteiger partial charge in [-0.25, -0.2) is 0 Å². The minimum Gasteiger partial charge on any atom is -0.495 e. The zero-order valence-corrected chi connectivity index (χ0v) is 8.66. The lowest BCUT2D eigenvalue weighted by molar-refractivity contribution is 0.368. The largest absolute Gasteiger partial charge is 0.495 e. The lowest BCUT2D eigenvalue weighted by Crippen LogP contribution is -1.90. The van der Waals surface area contributed by atoms with Crippen LogP contribution in [0.1, 0.15) is 18.1 Å². The molecule has 2 heteroatoms. The van der Waals surface area contributed by atoms with Crippen molar-refractivity contribution in [2.24, 2.45) is 0 Å². The first-order valence-electron chi connectivity index (χ1n) is 4.41. The quantitative estimate of drug-likeness (QED) is 0.527. The van der Waals surface area contributed by atoms with E-state index in [1.165, 1.54) is 5.56 Å². The average Bonchev–Trinajstić information content (AvgIpc) is 2.21. The molecule has 0 unspecified atom stereocenters. The molecule has 0 radical (unpaired) electrons. The van der Waals surface area contributed by atoms with Crippen molar-refractivity contribution in [1.29, 1.82) is 5.26 Å². The Labute approximate surface area is 84.4 Å². The molecule has 1 rings (SSSR count). The summed E-state index contributed by atoms with van der Waals surface area (Å²) in [5.74, 6) is 0.646. The number of nitriles is 1. The first-order chi connectivity index (χ1) is 6.69. The summed E-state index contributed by atoms with van der Waals surface area (Å²) >= 11 is 0. The highest BCUT2D eigenvalue weighted by Gasteiger charge is 2.04. The third-order valence-electron chi connectivity index (χ3n) is 2.03. The van der Waals surface area contributed by atoms with Gasteiger partial charge in [-0.05, 0) is 13.8 Å². The molecule has 72 valence electrons. The van der Waals surface area contributed by atoms with E-state index < -0.39 is 0 Å². The summed E-state index contributed by atoms with van der Waals surface area (Å²) in [7, 11) is 1.58. The van der Waals surface area contributed by atoms with Crippen LogP contribution in [-0.2, 0) is 4.74 Å². The number of rotatable bonds is 2. The zero-order valence-electron chi connectivity index (χ0n) is 8.66. The molecule has 0 heterocycles. The van der Waals surface area contributed by atoms with Gasteiger partial charge in [-0.3, -0.25) is 0 Å². The highest BCUT2D eigenvalue weighted by Crippen LogP contribution is 2.19. The van der Waals surface area contributed by atoms with Crippen molar-refractivity contribution >= 4 is 5.76 Å². The number of allylic oxidation sites excluding steroid dienone is 1. The highest BCUT2D eigenvalue weighted by atomic mass is 16.5. The molecule has 0 aliphatic carbocycles. The molecule has 0 saturated heterocycles. The lowest BCUT2D eigenvalue weighted by atomic mass is 10.1. The van der Waals surface area contributed by atoms with Crippen LogP contribution in [0.15, 0.2) is 29.8 Å². The molecule has 1 aromatic rings. The van der Waals surface area contributed by atoms with Crippen LogP contribution in [0.3, 0.4) is 0 Å². The highest BCUT2D eigenvalue weighted by molar-refractivity contribution is 5.65. The molecular formula is C12H13NO. The number of benzene rings is 1. The molecule has 0 bridgehead atoms. The Balaban J connectivity index is 3.16. The summed E-state index contributed by atoms with van der Waals surface area (Å²) in [5, 5.41) is 8.76. The van der Waals surface area contributed by atoms with Crippen molar-refractivity contribution in [2.75, 3.05) is 7.11 Å². The Hall–Kier alpha value is -1.75. The third kappa shape index (κ3) is 2.14. The predicted molar refractivity (Wildman–Crippen MR) is 56.4 cm³/mol. The fourth-order valence-corrected chi connectivity index (χ4v) is 1.24. The van der Waals surface area contributed by atoms with Crippen LogP contribution in [0.2, 0.25) is 0 Å². The number of methoxy groups -OCH3 is 1. The number of nitrogens with zero attached hydrogens (tertiary/aromatic N) is 1. The van der Waals surface area contributed by atoms with Gasteiger partial charge >= 0.3 is 0 Å². The van der Waals surface area contributed by atoms with Gasteiger partial charge in [0.05, 0.1) is 18.8 Å². The van der Waals surface area contributed by atoms with Crippen molar-refractivity contribution < 1.29 is 4.74 Å². The summed E-state index contributed by atoms with van der Waals surface area (Å²) in [6.45, 7) is 3.77. The first kappa shape index (κ1) is 10.3. The Morgan fingerprint density at radius 3 is 2.29 bits per heavy atom. The molecule has 14 heavy (non-hydrogen) atoms. The Kier molecular flexibility index (Phi) is 3.30. The maximum atomic E-state index is 8.76. The van der Waals surface area contributed by atoms with E-state index in [4.69, 9.17) is 10.00 Å². The number of hydrogen-bond donors (Lipinski definition) is 0. The van der Waals surface area contributed by atoms with Crippen LogP contribution < -0.4 is 0 Å². The van der Waals surface area contributed by atoms with Gasteiger partial charge in [-0.1, -0.05) is 29.8 Å². The topological polar surface area (TPSA) is 33.0 Å². The normalized spacial score (nSPS) is 11.6. The van der Waals surface area contributed by atoms with Gasteiger partial charge in [0.15, 0.2) is 0 Å². The van der Waals surface area contributed by atoms with E-state index in [0.29, 0.717) is 11.3 Å². The number of aryl methyl sites for hydroxylation is 1. The molecule has 0 fully saturated rings. The molecule has 0 aromatic heterocycles. The van der Waals surface area contributed by atoms with Crippen molar-refractivity contribution in [3.63, 3.8) is 0 Å². The molecule has 0 amide bonds. The molecule has 0 aliphatic rings. The van der Waals surface area contributed by atoms with E-state index in [2.05, 4.69) is 6.07 Å². The smallest absolute Gasteiger partial charge is 0.139 e. The Morgan fingerprint density at radius 2 is 1.86 bits per heavy atom. The zero-order chi connectivity index (χ0) is 10.6. The van der Waals surface area contributed by atoms with Gasteiger partial charge in [0.2, 0.25) is 0 Å². The maximum absolute atomic E-state index is 8.76. The van der Waals surface area contributed by atoms with Gasteiger partial charge in [-0.15, -0.1) is 0 Å². The standard InChI is InChI=1S/C12H13NO/c1-9-4-6-11(7-5-9)12(14-3)10(2)8-13/h4-7H,1-3H3/b12-10+. The van der Waals surface area contributed by atoms with Crippen LogP contribution in [-0.4, -0.2) is 7.11 Å². The Bertz CT molecular complexity index is 382. The predicted octanol–water partition coefficient (Wildman–Crippen LogP) is 2.90. The van der Waals surface area contributed by atoms with E-state index >= 15 is 0 Å². The molecule has 0 spiro atoms. The second kappa shape index (κ2) is 4.48. The molecule has 2 nitrogen and oxygen atoms in total. The summed E-state index contributed by atoms with van der Waals surface area (Å²) in [6, 6.07) is 9.99. The van der Waals surface area contributed by atoms with Crippen molar-refractivity contribution in [3.8, 4) is 6.07 Å². The minimum absolute atomic E-state index is 0.594. The van der Waals surface area contributed by atoms with Crippen LogP contribution in [0.25, 0.3) is 5.76 Å². The van der Waals surface area contributed by atoms with E-state index in [1.54, 1.807) is 14.0 Å². The maximum Gasteiger partial charge on any atom is 0.139 e. The van der Waals surface area contributed by atoms with Crippen LogP contribution in [0, 0.1) is 18.3 Å². The first-order valence-corrected chi connectivity index (χ1v) is 4.41. The molecule has 0 N–H and O–H groups in total. The lowest BCUT2D eigenvalue weighted by Gasteiger charge is -2.07. The van der Waals surface area contributed by atoms with Gasteiger partial charge in [0, 0.05) is 5.56 Å². The van der Waals surface area contributed by atoms with Crippen molar-refractivity contribution in [3.05, 3.63) is 41.0 Å². The molecule has 0 atom stereocenters. The molecule has 0 aliphatic heterocycles. The fourth-order valence-electron chi connectivity index (χ4n) is 1.24. The Morgan fingerprint density at radius 1 is 1.29 bits per heavy atom. The fraction of sp³-hybridized carbons (Fsp3) is 0.250. The van der Waals surface area contributed by atoms with E-state index in [9.17, 15) is 0 Å². The average molecular weight is 187 g/mol. The third-order valence-corrected chi connectivity index (χ3v) is 2.03. The van der Waals surface area contributed by atoms with Crippen molar-refractivity contribution in [1.82, 2.24) is 0 Å².